The molecule has 2 heterocycles. The molecule has 2 aliphatic rings. The van der Waals surface area contributed by atoms with Crippen molar-refractivity contribution in [2.75, 3.05) is 45.9 Å². The van der Waals surface area contributed by atoms with E-state index in [1.54, 1.807) is 0 Å². The molecule has 2 N–H and O–H groups in total. The van der Waals surface area contributed by atoms with Crippen molar-refractivity contribution in [3.05, 3.63) is 0 Å². The summed E-state index contributed by atoms with van der Waals surface area (Å²) in [6, 6.07) is 0. The molecule has 0 aromatic carbocycles. The summed E-state index contributed by atoms with van der Waals surface area (Å²) in [4.78, 5) is 7.90. The summed E-state index contributed by atoms with van der Waals surface area (Å²) in [6.07, 6.45) is -2.48. The van der Waals surface area contributed by atoms with Crippen molar-refractivity contribution in [3.63, 3.8) is 0 Å². The van der Waals surface area contributed by atoms with Crippen LogP contribution in [0.15, 0.2) is 4.99 Å². The van der Waals surface area contributed by atoms with E-state index in [0.29, 0.717) is 38.1 Å². The van der Waals surface area contributed by atoms with E-state index < -0.39 is 12.7 Å². The first-order valence-corrected chi connectivity index (χ1v) is 7.79. The minimum atomic E-state index is -4.11. The SMILES string of the molecule is CC1CN(C(N)=NCC2CCN(CC(F)(F)F)CC2)CCO1. The van der Waals surface area contributed by atoms with Gasteiger partial charge < -0.3 is 15.4 Å². The van der Waals surface area contributed by atoms with E-state index in [9.17, 15) is 13.2 Å². The lowest BCUT2D eigenvalue weighted by atomic mass is 9.97. The molecule has 22 heavy (non-hydrogen) atoms. The summed E-state index contributed by atoms with van der Waals surface area (Å²) in [6.45, 7) is 4.86. The Kier molecular flexibility index (Phi) is 5.91. The molecule has 0 amide bonds. The maximum Gasteiger partial charge on any atom is 0.401 e. The first-order valence-electron chi connectivity index (χ1n) is 7.79. The molecule has 0 aliphatic carbocycles. The summed E-state index contributed by atoms with van der Waals surface area (Å²) in [5, 5.41) is 0. The van der Waals surface area contributed by atoms with Gasteiger partial charge >= 0.3 is 6.18 Å². The molecule has 8 heteroatoms. The fourth-order valence-corrected chi connectivity index (χ4v) is 2.93. The molecule has 2 saturated heterocycles. The second-order valence-corrected chi connectivity index (χ2v) is 6.16. The van der Waals surface area contributed by atoms with Crippen LogP contribution in [-0.2, 0) is 4.74 Å². The first-order chi connectivity index (χ1) is 10.3. The normalized spacial score (nSPS) is 26.5. The third kappa shape index (κ3) is 5.64. The lowest BCUT2D eigenvalue weighted by molar-refractivity contribution is -0.148. The number of halogens is 3. The Morgan fingerprint density at radius 2 is 1.95 bits per heavy atom. The number of rotatable bonds is 3. The highest BCUT2D eigenvalue weighted by Crippen LogP contribution is 2.22. The van der Waals surface area contributed by atoms with Crippen LogP contribution in [0.25, 0.3) is 0 Å². The molecule has 0 radical (unpaired) electrons. The molecular weight excluding hydrogens is 297 g/mol. The van der Waals surface area contributed by atoms with Gasteiger partial charge in [0.25, 0.3) is 0 Å². The molecular formula is C14H25F3N4O. The zero-order valence-electron chi connectivity index (χ0n) is 13.0. The molecule has 128 valence electrons. The number of nitrogens with zero attached hydrogens (tertiary/aromatic N) is 3. The summed E-state index contributed by atoms with van der Waals surface area (Å²) in [5.41, 5.74) is 6.00. The minimum absolute atomic E-state index is 0.146. The monoisotopic (exact) mass is 322 g/mol. The standard InChI is InChI=1S/C14H25F3N4O/c1-11-9-21(6-7-22-11)13(18)19-8-12-2-4-20(5-3-12)10-14(15,16)17/h11-12H,2-10H2,1H3,(H2,18,19). The molecule has 5 nitrogen and oxygen atoms in total. The second-order valence-electron chi connectivity index (χ2n) is 6.16. The van der Waals surface area contributed by atoms with Crippen molar-refractivity contribution in [1.82, 2.24) is 9.80 Å². The second kappa shape index (κ2) is 7.50. The predicted molar refractivity (Wildman–Crippen MR) is 78.7 cm³/mol. The van der Waals surface area contributed by atoms with Gasteiger partial charge in [-0.3, -0.25) is 9.89 Å². The lowest BCUT2D eigenvalue weighted by Gasteiger charge is -2.33. The highest BCUT2D eigenvalue weighted by atomic mass is 19.4. The van der Waals surface area contributed by atoms with Gasteiger partial charge in [0.2, 0.25) is 0 Å². The zero-order valence-corrected chi connectivity index (χ0v) is 13.0. The van der Waals surface area contributed by atoms with Crippen molar-refractivity contribution in [1.29, 1.82) is 0 Å². The third-order valence-corrected chi connectivity index (χ3v) is 4.19. The Balaban J connectivity index is 1.72. The number of ether oxygens (including phenoxy) is 1. The van der Waals surface area contributed by atoms with Crippen LogP contribution in [-0.4, -0.2) is 73.9 Å². The van der Waals surface area contributed by atoms with Crippen LogP contribution in [0.5, 0.6) is 0 Å². The van der Waals surface area contributed by atoms with Crippen LogP contribution in [0, 0.1) is 5.92 Å². The van der Waals surface area contributed by atoms with E-state index in [0.717, 1.165) is 25.9 Å². The summed E-state index contributed by atoms with van der Waals surface area (Å²) >= 11 is 0. The summed E-state index contributed by atoms with van der Waals surface area (Å²) in [7, 11) is 0. The number of likely N-dealkylation sites (tertiary alicyclic amines) is 1. The van der Waals surface area contributed by atoms with Crippen LogP contribution < -0.4 is 5.73 Å². The first kappa shape index (κ1) is 17.3. The molecule has 0 aromatic heterocycles. The average Bonchev–Trinajstić information content (AvgIpc) is 2.44. The Labute approximate surface area is 129 Å². The highest BCUT2D eigenvalue weighted by molar-refractivity contribution is 5.78. The fourth-order valence-electron chi connectivity index (χ4n) is 2.93. The number of morpholine rings is 1. The van der Waals surface area contributed by atoms with Gasteiger partial charge in [0.15, 0.2) is 5.96 Å². The van der Waals surface area contributed by atoms with Gasteiger partial charge in [-0.1, -0.05) is 0 Å². The number of hydrogen-bond acceptors (Lipinski definition) is 3. The molecule has 1 unspecified atom stereocenters. The fraction of sp³-hybridized carbons (Fsp3) is 0.929. The number of alkyl halides is 3. The van der Waals surface area contributed by atoms with Crippen LogP contribution in [0.1, 0.15) is 19.8 Å². The van der Waals surface area contributed by atoms with Crippen molar-refractivity contribution < 1.29 is 17.9 Å². The zero-order chi connectivity index (χ0) is 16.2. The van der Waals surface area contributed by atoms with E-state index in [-0.39, 0.29) is 6.10 Å². The quantitative estimate of drug-likeness (QED) is 0.628. The van der Waals surface area contributed by atoms with Crippen LogP contribution in [0.2, 0.25) is 0 Å². The number of aliphatic imine (C=N–C) groups is 1. The van der Waals surface area contributed by atoms with Crippen molar-refractivity contribution >= 4 is 5.96 Å². The average molecular weight is 322 g/mol. The van der Waals surface area contributed by atoms with E-state index in [2.05, 4.69) is 4.99 Å². The van der Waals surface area contributed by atoms with Crippen molar-refractivity contribution in [3.8, 4) is 0 Å². The van der Waals surface area contributed by atoms with E-state index in [4.69, 9.17) is 10.5 Å². The summed E-state index contributed by atoms with van der Waals surface area (Å²) in [5.74, 6) is 0.842. The van der Waals surface area contributed by atoms with Crippen LogP contribution in [0.3, 0.4) is 0 Å². The summed E-state index contributed by atoms with van der Waals surface area (Å²) < 4.78 is 42.5. The van der Waals surface area contributed by atoms with Gasteiger partial charge in [0, 0.05) is 19.6 Å². The van der Waals surface area contributed by atoms with Gasteiger partial charge in [-0.15, -0.1) is 0 Å². The number of nitrogens with two attached hydrogens (primary N) is 1. The van der Waals surface area contributed by atoms with Gasteiger partial charge in [-0.05, 0) is 38.8 Å². The predicted octanol–water partition coefficient (Wildman–Crippen LogP) is 1.30. The van der Waals surface area contributed by atoms with E-state index in [1.165, 1.54) is 4.90 Å². The Hall–Kier alpha value is -1.02. The molecule has 0 bridgehead atoms. The molecule has 1 atom stereocenters. The molecule has 0 aromatic rings. The van der Waals surface area contributed by atoms with Gasteiger partial charge in [-0.25, -0.2) is 0 Å². The van der Waals surface area contributed by atoms with Crippen molar-refractivity contribution in [2.45, 2.75) is 32.0 Å². The van der Waals surface area contributed by atoms with Gasteiger partial charge in [0.1, 0.15) is 0 Å². The Morgan fingerprint density at radius 3 is 2.55 bits per heavy atom. The Morgan fingerprint density at radius 1 is 1.27 bits per heavy atom. The van der Waals surface area contributed by atoms with Gasteiger partial charge in [0.05, 0.1) is 19.3 Å². The van der Waals surface area contributed by atoms with E-state index in [1.807, 2.05) is 11.8 Å². The molecule has 0 saturated carbocycles. The number of guanidine groups is 1. The van der Waals surface area contributed by atoms with Crippen LogP contribution in [0.4, 0.5) is 13.2 Å². The molecule has 2 rings (SSSR count). The smallest absolute Gasteiger partial charge is 0.375 e. The maximum atomic E-state index is 12.3. The highest BCUT2D eigenvalue weighted by Gasteiger charge is 2.32. The van der Waals surface area contributed by atoms with E-state index >= 15 is 0 Å². The maximum absolute atomic E-state index is 12.3. The molecule has 2 fully saturated rings. The number of hydrogen-bond donors (Lipinski definition) is 1. The third-order valence-electron chi connectivity index (χ3n) is 4.19. The Bertz CT molecular complexity index is 381. The largest absolute Gasteiger partial charge is 0.401 e. The van der Waals surface area contributed by atoms with Gasteiger partial charge in [-0.2, -0.15) is 13.2 Å². The molecule has 0 spiro atoms. The molecule has 2 aliphatic heterocycles. The van der Waals surface area contributed by atoms with Crippen molar-refractivity contribution in [2.24, 2.45) is 16.6 Å². The minimum Gasteiger partial charge on any atom is -0.375 e. The van der Waals surface area contributed by atoms with Crippen LogP contribution >= 0.6 is 0 Å². The topological polar surface area (TPSA) is 54.1 Å². The lowest BCUT2D eigenvalue weighted by Crippen LogP contribution is -2.48. The number of piperidine rings is 1.